The molecular weight excluding hydrogens is 226 g/mol. The molecule has 3 aromatic heterocycles. The molecule has 0 aliphatic carbocycles. The third kappa shape index (κ3) is 1.60. The highest BCUT2D eigenvalue weighted by atomic mass is 15.1. The fourth-order valence-electron chi connectivity index (χ4n) is 2.10. The lowest BCUT2D eigenvalue weighted by molar-refractivity contribution is 0.796. The van der Waals surface area contributed by atoms with E-state index in [1.807, 2.05) is 12.1 Å². The third-order valence-corrected chi connectivity index (χ3v) is 2.88. The van der Waals surface area contributed by atoms with E-state index in [1.54, 1.807) is 24.8 Å². The first-order valence-corrected chi connectivity index (χ1v) is 5.80. The molecule has 5 nitrogen and oxygen atoms in total. The van der Waals surface area contributed by atoms with Crippen molar-refractivity contribution in [3.05, 3.63) is 36.9 Å². The Kier molecular flexibility index (Phi) is 2.44. The molecule has 3 aromatic rings. The standard InChI is InChI=1S/C13H13N5/c1-2-18-12-3-4-15-8-11(12)17-13(18)9-5-10(14)7-16-6-9/h3-8H,2,14H2,1H3. The van der Waals surface area contributed by atoms with Crippen molar-refractivity contribution in [2.24, 2.45) is 0 Å². The second-order valence-corrected chi connectivity index (χ2v) is 4.05. The smallest absolute Gasteiger partial charge is 0.142 e. The number of imidazole rings is 1. The first-order chi connectivity index (χ1) is 8.79. The average molecular weight is 239 g/mol. The van der Waals surface area contributed by atoms with Crippen molar-refractivity contribution < 1.29 is 0 Å². The van der Waals surface area contributed by atoms with Gasteiger partial charge in [-0.25, -0.2) is 4.98 Å². The van der Waals surface area contributed by atoms with Crippen LogP contribution >= 0.6 is 0 Å². The predicted octanol–water partition coefficient (Wildman–Crippen LogP) is 2.10. The molecule has 0 fully saturated rings. The number of hydrogen-bond donors (Lipinski definition) is 1. The molecule has 0 saturated heterocycles. The molecule has 0 aliphatic rings. The number of anilines is 1. The van der Waals surface area contributed by atoms with Gasteiger partial charge in [-0.2, -0.15) is 0 Å². The summed E-state index contributed by atoms with van der Waals surface area (Å²) in [5, 5.41) is 0. The maximum atomic E-state index is 5.77. The molecule has 3 heterocycles. The quantitative estimate of drug-likeness (QED) is 0.743. The van der Waals surface area contributed by atoms with Gasteiger partial charge in [0.05, 0.1) is 17.4 Å². The van der Waals surface area contributed by atoms with Gasteiger partial charge in [0.15, 0.2) is 0 Å². The number of nitrogens with zero attached hydrogens (tertiary/aromatic N) is 4. The van der Waals surface area contributed by atoms with Crippen LogP contribution in [0.3, 0.4) is 0 Å². The van der Waals surface area contributed by atoms with Crippen molar-refractivity contribution in [1.29, 1.82) is 0 Å². The molecule has 0 aliphatic heterocycles. The number of nitrogen functional groups attached to an aromatic ring is 1. The summed E-state index contributed by atoms with van der Waals surface area (Å²) in [4.78, 5) is 12.8. The first kappa shape index (κ1) is 10.7. The van der Waals surface area contributed by atoms with Gasteiger partial charge in [-0.15, -0.1) is 0 Å². The Bertz CT molecular complexity index is 701. The predicted molar refractivity (Wildman–Crippen MR) is 70.8 cm³/mol. The molecule has 0 atom stereocenters. The Labute approximate surface area is 104 Å². The van der Waals surface area contributed by atoms with E-state index in [4.69, 9.17) is 5.73 Å². The summed E-state index contributed by atoms with van der Waals surface area (Å²) in [6, 6.07) is 3.85. The lowest BCUT2D eigenvalue weighted by Gasteiger charge is -2.05. The minimum atomic E-state index is 0.639. The number of pyridine rings is 2. The van der Waals surface area contributed by atoms with Crippen LogP contribution in [0.2, 0.25) is 0 Å². The molecule has 0 unspecified atom stereocenters. The molecule has 0 bridgehead atoms. The summed E-state index contributed by atoms with van der Waals surface area (Å²) in [7, 11) is 0. The molecule has 0 amide bonds. The molecular formula is C13H13N5. The second-order valence-electron chi connectivity index (χ2n) is 4.05. The van der Waals surface area contributed by atoms with Gasteiger partial charge in [0.25, 0.3) is 0 Å². The van der Waals surface area contributed by atoms with Crippen molar-refractivity contribution in [3.63, 3.8) is 0 Å². The van der Waals surface area contributed by atoms with E-state index in [-0.39, 0.29) is 0 Å². The zero-order chi connectivity index (χ0) is 12.5. The monoisotopic (exact) mass is 239 g/mol. The number of rotatable bonds is 2. The SMILES string of the molecule is CCn1c(-c2cncc(N)c2)nc2cnccc21. The number of aromatic nitrogens is 4. The third-order valence-electron chi connectivity index (χ3n) is 2.88. The molecule has 3 rings (SSSR count). The Morgan fingerprint density at radius 3 is 2.89 bits per heavy atom. The molecule has 0 spiro atoms. The van der Waals surface area contributed by atoms with Crippen LogP contribution < -0.4 is 5.73 Å². The zero-order valence-electron chi connectivity index (χ0n) is 10.0. The van der Waals surface area contributed by atoms with Gasteiger partial charge in [-0.1, -0.05) is 0 Å². The summed E-state index contributed by atoms with van der Waals surface area (Å²) < 4.78 is 2.13. The fourth-order valence-corrected chi connectivity index (χ4v) is 2.10. The Morgan fingerprint density at radius 1 is 1.22 bits per heavy atom. The van der Waals surface area contributed by atoms with Crippen LogP contribution in [0.25, 0.3) is 22.4 Å². The van der Waals surface area contributed by atoms with Gasteiger partial charge in [0.1, 0.15) is 11.3 Å². The summed E-state index contributed by atoms with van der Waals surface area (Å²) in [5.41, 5.74) is 9.29. The Balaban J connectivity index is 2.28. The zero-order valence-corrected chi connectivity index (χ0v) is 10.0. The van der Waals surface area contributed by atoms with E-state index in [1.165, 1.54) is 0 Å². The minimum Gasteiger partial charge on any atom is -0.397 e. The van der Waals surface area contributed by atoms with Crippen LogP contribution in [0.5, 0.6) is 0 Å². The van der Waals surface area contributed by atoms with Crippen LogP contribution in [0.4, 0.5) is 5.69 Å². The Hall–Kier alpha value is -2.43. The van der Waals surface area contributed by atoms with E-state index in [2.05, 4.69) is 26.4 Å². The second kappa shape index (κ2) is 4.10. The number of aryl methyl sites for hydroxylation is 1. The van der Waals surface area contributed by atoms with Gasteiger partial charge >= 0.3 is 0 Å². The van der Waals surface area contributed by atoms with E-state index >= 15 is 0 Å². The van der Waals surface area contributed by atoms with Crippen molar-refractivity contribution in [3.8, 4) is 11.4 Å². The summed E-state index contributed by atoms with van der Waals surface area (Å²) >= 11 is 0. The summed E-state index contributed by atoms with van der Waals surface area (Å²) in [6.07, 6.45) is 6.95. The largest absolute Gasteiger partial charge is 0.397 e. The highest BCUT2D eigenvalue weighted by Crippen LogP contribution is 2.24. The van der Waals surface area contributed by atoms with E-state index in [0.29, 0.717) is 5.69 Å². The maximum Gasteiger partial charge on any atom is 0.142 e. The van der Waals surface area contributed by atoms with E-state index in [0.717, 1.165) is 29.0 Å². The van der Waals surface area contributed by atoms with Gasteiger partial charge in [-0.05, 0) is 19.1 Å². The maximum absolute atomic E-state index is 5.77. The molecule has 0 aromatic carbocycles. The van der Waals surface area contributed by atoms with Crippen molar-refractivity contribution in [1.82, 2.24) is 19.5 Å². The van der Waals surface area contributed by atoms with Crippen LogP contribution in [0.1, 0.15) is 6.92 Å². The van der Waals surface area contributed by atoms with Gasteiger partial charge in [0.2, 0.25) is 0 Å². The molecule has 90 valence electrons. The van der Waals surface area contributed by atoms with E-state index in [9.17, 15) is 0 Å². The molecule has 2 N–H and O–H groups in total. The Morgan fingerprint density at radius 2 is 2.11 bits per heavy atom. The number of fused-ring (bicyclic) bond motifs is 1. The molecule has 0 radical (unpaired) electrons. The minimum absolute atomic E-state index is 0.639. The van der Waals surface area contributed by atoms with Crippen LogP contribution in [-0.4, -0.2) is 19.5 Å². The van der Waals surface area contributed by atoms with Crippen molar-refractivity contribution >= 4 is 16.7 Å². The molecule has 18 heavy (non-hydrogen) atoms. The highest BCUT2D eigenvalue weighted by Gasteiger charge is 2.11. The summed E-state index contributed by atoms with van der Waals surface area (Å²) in [5.74, 6) is 0.875. The van der Waals surface area contributed by atoms with Gasteiger partial charge in [0, 0.05) is 30.7 Å². The van der Waals surface area contributed by atoms with Gasteiger partial charge < -0.3 is 10.3 Å². The topological polar surface area (TPSA) is 69.6 Å². The molecule has 0 saturated carbocycles. The van der Waals surface area contributed by atoms with Crippen LogP contribution in [0.15, 0.2) is 36.9 Å². The molecule has 5 heteroatoms. The lowest BCUT2D eigenvalue weighted by atomic mass is 10.2. The number of hydrogen-bond acceptors (Lipinski definition) is 4. The highest BCUT2D eigenvalue weighted by molar-refractivity contribution is 5.80. The fraction of sp³-hybridized carbons (Fsp3) is 0.154. The van der Waals surface area contributed by atoms with Crippen molar-refractivity contribution in [2.75, 3.05) is 5.73 Å². The van der Waals surface area contributed by atoms with Crippen molar-refractivity contribution in [2.45, 2.75) is 13.5 Å². The van der Waals surface area contributed by atoms with Crippen LogP contribution in [-0.2, 0) is 6.54 Å². The normalized spacial score (nSPS) is 10.9. The van der Waals surface area contributed by atoms with Gasteiger partial charge in [-0.3, -0.25) is 9.97 Å². The lowest BCUT2D eigenvalue weighted by Crippen LogP contribution is -1.98. The average Bonchev–Trinajstić information content (AvgIpc) is 2.77. The van der Waals surface area contributed by atoms with Crippen LogP contribution in [0, 0.1) is 0 Å². The van der Waals surface area contributed by atoms with E-state index < -0.39 is 0 Å². The summed E-state index contributed by atoms with van der Waals surface area (Å²) in [6.45, 7) is 2.93. The first-order valence-electron chi connectivity index (χ1n) is 5.80. The number of nitrogens with two attached hydrogens (primary N) is 1.